The van der Waals surface area contributed by atoms with Crippen LogP contribution in [-0.2, 0) is 0 Å². The van der Waals surface area contributed by atoms with Crippen molar-refractivity contribution in [3.8, 4) is 0 Å². The van der Waals surface area contributed by atoms with Crippen molar-refractivity contribution >= 4 is 17.4 Å². The fourth-order valence-corrected chi connectivity index (χ4v) is 2.85. The summed E-state index contributed by atoms with van der Waals surface area (Å²) >= 11 is 0. The third-order valence-corrected chi connectivity index (χ3v) is 4.02. The Bertz CT molecular complexity index is 447. The zero-order valence-electron chi connectivity index (χ0n) is 11.7. The summed E-state index contributed by atoms with van der Waals surface area (Å²) in [7, 11) is 1.88. The number of hydrogen-bond donors (Lipinski definition) is 2. The molecule has 4 nitrogen and oxygen atoms in total. The maximum Gasteiger partial charge on any atom is 0.321 e. The molecule has 2 amide bonds. The highest BCUT2D eigenvalue weighted by Crippen LogP contribution is 2.27. The number of carbonyl (C=O) groups excluding carboxylic acids is 1. The summed E-state index contributed by atoms with van der Waals surface area (Å²) in [5, 5.41) is 2.91. The summed E-state index contributed by atoms with van der Waals surface area (Å²) in [5.74, 6) is 0.574. The monoisotopic (exact) mass is 261 g/mol. The molecule has 0 saturated heterocycles. The number of carbonyl (C=O) groups is 1. The van der Waals surface area contributed by atoms with E-state index in [1.165, 1.54) is 19.3 Å². The lowest BCUT2D eigenvalue weighted by molar-refractivity contribution is 0.155. The van der Waals surface area contributed by atoms with E-state index in [0.29, 0.717) is 17.6 Å². The second-order valence-corrected chi connectivity index (χ2v) is 5.50. The minimum absolute atomic E-state index is 0.0515. The first-order valence-corrected chi connectivity index (χ1v) is 6.97. The van der Waals surface area contributed by atoms with Crippen LogP contribution in [0.25, 0.3) is 0 Å². The molecule has 1 saturated carbocycles. The summed E-state index contributed by atoms with van der Waals surface area (Å²) in [6.45, 7) is 2.23. The van der Waals surface area contributed by atoms with E-state index in [9.17, 15) is 4.79 Å². The van der Waals surface area contributed by atoms with Gasteiger partial charge in [-0.2, -0.15) is 0 Å². The van der Waals surface area contributed by atoms with Gasteiger partial charge in [0.25, 0.3) is 0 Å². The van der Waals surface area contributed by atoms with Gasteiger partial charge in [0.1, 0.15) is 0 Å². The summed E-state index contributed by atoms with van der Waals surface area (Å²) < 4.78 is 0. The fourth-order valence-electron chi connectivity index (χ4n) is 2.85. The van der Waals surface area contributed by atoms with E-state index in [1.807, 2.05) is 30.1 Å². The highest BCUT2D eigenvalue weighted by Gasteiger charge is 2.27. The van der Waals surface area contributed by atoms with Gasteiger partial charge >= 0.3 is 6.03 Å². The molecule has 1 aliphatic carbocycles. The van der Waals surface area contributed by atoms with Crippen LogP contribution in [0, 0.1) is 5.92 Å². The van der Waals surface area contributed by atoms with Crippen LogP contribution in [0.1, 0.15) is 32.6 Å². The van der Waals surface area contributed by atoms with Crippen LogP contribution in [0.4, 0.5) is 16.2 Å². The number of amides is 2. The van der Waals surface area contributed by atoms with Gasteiger partial charge in [-0.15, -0.1) is 0 Å². The van der Waals surface area contributed by atoms with Crippen molar-refractivity contribution in [1.29, 1.82) is 0 Å². The number of nitrogens with one attached hydrogen (secondary N) is 1. The van der Waals surface area contributed by atoms with Crippen molar-refractivity contribution in [2.24, 2.45) is 5.92 Å². The Morgan fingerprint density at radius 3 is 2.79 bits per heavy atom. The van der Waals surface area contributed by atoms with Crippen LogP contribution in [0.15, 0.2) is 24.3 Å². The van der Waals surface area contributed by atoms with Crippen LogP contribution < -0.4 is 11.1 Å². The van der Waals surface area contributed by atoms with Crippen molar-refractivity contribution in [3.63, 3.8) is 0 Å². The smallest absolute Gasteiger partial charge is 0.321 e. The lowest BCUT2D eigenvalue weighted by Crippen LogP contribution is -2.44. The lowest BCUT2D eigenvalue weighted by Gasteiger charge is -2.36. The average Bonchev–Trinajstić information content (AvgIpc) is 2.38. The SMILES string of the molecule is CC1CCCCC1N(C)C(=O)Nc1cccc(N)c1. The molecule has 1 fully saturated rings. The highest BCUT2D eigenvalue weighted by atomic mass is 16.2. The normalized spacial score (nSPS) is 22.8. The molecule has 2 atom stereocenters. The maximum absolute atomic E-state index is 12.2. The number of anilines is 2. The van der Waals surface area contributed by atoms with E-state index < -0.39 is 0 Å². The van der Waals surface area contributed by atoms with E-state index in [1.54, 1.807) is 6.07 Å². The summed E-state index contributed by atoms with van der Waals surface area (Å²) in [5.41, 5.74) is 7.12. The van der Waals surface area contributed by atoms with Gasteiger partial charge in [0, 0.05) is 24.5 Å². The second-order valence-electron chi connectivity index (χ2n) is 5.50. The average molecular weight is 261 g/mol. The maximum atomic E-state index is 12.2. The molecule has 0 bridgehead atoms. The molecular weight excluding hydrogens is 238 g/mol. The van der Waals surface area contributed by atoms with Gasteiger partial charge in [-0.3, -0.25) is 0 Å². The van der Waals surface area contributed by atoms with E-state index in [-0.39, 0.29) is 6.03 Å². The fraction of sp³-hybridized carbons (Fsp3) is 0.533. The number of nitrogen functional groups attached to an aromatic ring is 1. The number of rotatable bonds is 2. The molecule has 2 unspecified atom stereocenters. The largest absolute Gasteiger partial charge is 0.399 e. The predicted molar refractivity (Wildman–Crippen MR) is 79.1 cm³/mol. The Morgan fingerprint density at radius 2 is 2.11 bits per heavy atom. The molecule has 104 valence electrons. The van der Waals surface area contributed by atoms with Gasteiger partial charge in [0.15, 0.2) is 0 Å². The predicted octanol–water partition coefficient (Wildman–Crippen LogP) is 3.31. The number of benzene rings is 1. The molecule has 3 N–H and O–H groups in total. The first kappa shape index (κ1) is 13.7. The molecular formula is C15H23N3O. The zero-order chi connectivity index (χ0) is 13.8. The third kappa shape index (κ3) is 3.40. The number of urea groups is 1. The molecule has 0 heterocycles. The summed E-state index contributed by atoms with van der Waals surface area (Å²) in [6.07, 6.45) is 4.80. The number of nitrogens with zero attached hydrogens (tertiary/aromatic N) is 1. The van der Waals surface area contributed by atoms with Gasteiger partial charge in [0.05, 0.1) is 0 Å². The molecule has 2 rings (SSSR count). The van der Waals surface area contributed by atoms with Crippen molar-refractivity contribution in [3.05, 3.63) is 24.3 Å². The molecule has 1 aromatic carbocycles. The Hall–Kier alpha value is -1.71. The zero-order valence-corrected chi connectivity index (χ0v) is 11.7. The Morgan fingerprint density at radius 1 is 1.37 bits per heavy atom. The van der Waals surface area contributed by atoms with Gasteiger partial charge in [-0.05, 0) is 37.0 Å². The minimum atomic E-state index is -0.0515. The third-order valence-electron chi connectivity index (χ3n) is 4.02. The second kappa shape index (κ2) is 5.95. The van der Waals surface area contributed by atoms with Crippen molar-refractivity contribution in [1.82, 2.24) is 4.90 Å². The number of nitrogens with two attached hydrogens (primary N) is 1. The minimum Gasteiger partial charge on any atom is -0.399 e. The standard InChI is InChI=1S/C15H23N3O/c1-11-6-3-4-9-14(11)18(2)15(19)17-13-8-5-7-12(16)10-13/h5,7-8,10-11,14H,3-4,6,9,16H2,1-2H3,(H,17,19). The molecule has 0 spiro atoms. The van der Waals surface area contributed by atoms with Crippen LogP contribution in [0.5, 0.6) is 0 Å². The number of hydrogen-bond acceptors (Lipinski definition) is 2. The highest BCUT2D eigenvalue weighted by molar-refractivity contribution is 5.89. The first-order valence-electron chi connectivity index (χ1n) is 6.97. The van der Waals surface area contributed by atoms with Crippen molar-refractivity contribution in [2.75, 3.05) is 18.1 Å². The van der Waals surface area contributed by atoms with E-state index in [0.717, 1.165) is 12.1 Å². The molecule has 1 aliphatic rings. The molecule has 0 aromatic heterocycles. The van der Waals surface area contributed by atoms with E-state index >= 15 is 0 Å². The summed E-state index contributed by atoms with van der Waals surface area (Å²) in [6, 6.07) is 7.57. The first-order chi connectivity index (χ1) is 9.08. The Labute approximate surface area is 115 Å². The molecule has 0 aliphatic heterocycles. The molecule has 4 heteroatoms. The van der Waals surface area contributed by atoms with E-state index in [2.05, 4.69) is 12.2 Å². The van der Waals surface area contributed by atoms with Gasteiger partial charge < -0.3 is 16.0 Å². The molecule has 1 aromatic rings. The molecule has 19 heavy (non-hydrogen) atoms. The van der Waals surface area contributed by atoms with E-state index in [4.69, 9.17) is 5.73 Å². The van der Waals surface area contributed by atoms with Gasteiger partial charge in [-0.1, -0.05) is 25.8 Å². The molecule has 0 radical (unpaired) electrons. The van der Waals surface area contributed by atoms with Crippen LogP contribution in [0.2, 0.25) is 0 Å². The Kier molecular flexibility index (Phi) is 4.30. The topological polar surface area (TPSA) is 58.4 Å². The quantitative estimate of drug-likeness (QED) is 0.802. The van der Waals surface area contributed by atoms with Crippen LogP contribution in [-0.4, -0.2) is 24.0 Å². The van der Waals surface area contributed by atoms with Gasteiger partial charge in [0.2, 0.25) is 0 Å². The Balaban J connectivity index is 1.99. The van der Waals surface area contributed by atoms with Crippen LogP contribution >= 0.6 is 0 Å². The lowest BCUT2D eigenvalue weighted by atomic mass is 9.85. The van der Waals surface area contributed by atoms with Crippen LogP contribution in [0.3, 0.4) is 0 Å². The van der Waals surface area contributed by atoms with Gasteiger partial charge in [-0.25, -0.2) is 4.79 Å². The van der Waals surface area contributed by atoms with Crippen molar-refractivity contribution in [2.45, 2.75) is 38.6 Å². The summed E-state index contributed by atoms with van der Waals surface area (Å²) in [4.78, 5) is 14.1. The van der Waals surface area contributed by atoms with Crippen molar-refractivity contribution < 1.29 is 4.79 Å².